The van der Waals surface area contributed by atoms with Crippen LogP contribution in [-0.4, -0.2) is 21.7 Å². The molecule has 0 aliphatic heterocycles. The number of thiazole rings is 1. The zero-order valence-electron chi connectivity index (χ0n) is 16.1. The Labute approximate surface area is 171 Å². The molecule has 0 amide bonds. The number of hydrogen-bond donors (Lipinski definition) is 0. The maximum Gasteiger partial charge on any atom is 0.291 e. The summed E-state index contributed by atoms with van der Waals surface area (Å²) in [4.78, 5) is 17.6. The van der Waals surface area contributed by atoms with E-state index in [1.807, 2.05) is 60.7 Å². The molecule has 2 heterocycles. The fourth-order valence-electron chi connectivity index (χ4n) is 2.83. The third-order valence-electron chi connectivity index (χ3n) is 4.36. The molecule has 0 atom stereocenters. The molecule has 2 aromatic carbocycles. The highest BCUT2D eigenvalue weighted by atomic mass is 32.1. The average molecular weight is 401 g/mol. The van der Waals surface area contributed by atoms with Crippen molar-refractivity contribution in [2.24, 2.45) is 0 Å². The van der Waals surface area contributed by atoms with E-state index in [1.54, 1.807) is 13.2 Å². The Morgan fingerprint density at radius 2 is 1.83 bits per heavy atom. The lowest BCUT2D eigenvalue weighted by Crippen LogP contribution is -2.23. The van der Waals surface area contributed by atoms with Crippen LogP contribution in [0.25, 0.3) is 29.3 Å². The molecule has 0 saturated carbocycles. The molecule has 0 radical (unpaired) electrons. The van der Waals surface area contributed by atoms with Gasteiger partial charge in [-0.15, -0.1) is 5.10 Å². The van der Waals surface area contributed by atoms with Crippen molar-refractivity contribution in [1.82, 2.24) is 14.6 Å². The predicted octanol–water partition coefficient (Wildman–Crippen LogP) is 3.85. The summed E-state index contributed by atoms with van der Waals surface area (Å²) in [6.45, 7) is 2.05. The van der Waals surface area contributed by atoms with Crippen LogP contribution in [0.1, 0.15) is 22.5 Å². The van der Waals surface area contributed by atoms with Gasteiger partial charge in [0.15, 0.2) is 5.82 Å². The summed E-state index contributed by atoms with van der Waals surface area (Å²) < 4.78 is 7.26. The highest BCUT2D eigenvalue weighted by Gasteiger charge is 2.08. The predicted molar refractivity (Wildman–Crippen MR) is 119 cm³/mol. The van der Waals surface area contributed by atoms with Crippen LogP contribution in [0.3, 0.4) is 0 Å². The first-order valence-corrected chi connectivity index (χ1v) is 9.91. The van der Waals surface area contributed by atoms with Crippen molar-refractivity contribution in [2.75, 3.05) is 7.11 Å². The number of hydrogen-bond acceptors (Lipinski definition) is 5. The number of methoxy groups -OCH3 is 1. The van der Waals surface area contributed by atoms with E-state index in [4.69, 9.17) is 4.74 Å². The molecule has 0 aliphatic carbocycles. The van der Waals surface area contributed by atoms with Gasteiger partial charge in [0.25, 0.3) is 5.56 Å². The van der Waals surface area contributed by atoms with Gasteiger partial charge in [-0.05, 0) is 30.7 Å². The van der Waals surface area contributed by atoms with Crippen molar-refractivity contribution in [3.63, 3.8) is 0 Å². The quantitative estimate of drug-likeness (QED) is 0.510. The van der Waals surface area contributed by atoms with E-state index >= 15 is 0 Å². The highest BCUT2D eigenvalue weighted by Crippen LogP contribution is 2.18. The minimum absolute atomic E-state index is 0.169. The lowest BCUT2D eigenvalue weighted by atomic mass is 10.1. The Morgan fingerprint density at radius 1 is 1.03 bits per heavy atom. The van der Waals surface area contributed by atoms with E-state index in [-0.39, 0.29) is 5.56 Å². The van der Waals surface area contributed by atoms with Crippen LogP contribution >= 0.6 is 11.3 Å². The van der Waals surface area contributed by atoms with Gasteiger partial charge in [0.1, 0.15) is 5.75 Å². The standard InChI is InChI=1S/C23H19N3O2S/c1-16-10-12-17(13-11-16)14-15-21-24-23-26(25-21)22(27)20(29-23)9-5-7-18-6-3-4-8-19(18)28-2/h3-15H,1-2H3. The minimum atomic E-state index is -0.169. The molecule has 0 spiro atoms. The summed E-state index contributed by atoms with van der Waals surface area (Å²) in [5.41, 5.74) is 3.05. The fraction of sp³-hybridized carbons (Fsp3) is 0.0870. The molecular formula is C23H19N3O2S. The molecule has 29 heavy (non-hydrogen) atoms. The Morgan fingerprint density at radius 3 is 2.59 bits per heavy atom. The van der Waals surface area contributed by atoms with Crippen molar-refractivity contribution in [3.8, 4) is 5.75 Å². The summed E-state index contributed by atoms with van der Waals surface area (Å²) in [6, 6.07) is 15.9. The Balaban J connectivity index is 1.58. The second-order valence-corrected chi connectivity index (χ2v) is 7.46. The summed E-state index contributed by atoms with van der Waals surface area (Å²) >= 11 is 1.32. The van der Waals surface area contributed by atoms with Crippen LogP contribution in [0.2, 0.25) is 0 Å². The number of nitrogens with zero attached hydrogens (tertiary/aromatic N) is 3. The first-order valence-electron chi connectivity index (χ1n) is 9.10. The molecule has 0 bridgehead atoms. The molecular weight excluding hydrogens is 382 g/mol. The van der Waals surface area contributed by atoms with E-state index < -0.39 is 0 Å². The van der Waals surface area contributed by atoms with Crippen molar-refractivity contribution in [2.45, 2.75) is 6.92 Å². The smallest absolute Gasteiger partial charge is 0.291 e. The van der Waals surface area contributed by atoms with Gasteiger partial charge in [0.05, 0.1) is 11.6 Å². The van der Waals surface area contributed by atoms with Crippen LogP contribution in [-0.2, 0) is 0 Å². The van der Waals surface area contributed by atoms with Gasteiger partial charge in [-0.25, -0.2) is 0 Å². The third-order valence-corrected chi connectivity index (χ3v) is 5.34. The fourth-order valence-corrected chi connectivity index (χ4v) is 3.69. The number of para-hydroxylation sites is 1. The number of allylic oxidation sites excluding steroid dienone is 1. The molecule has 0 aliphatic rings. The van der Waals surface area contributed by atoms with Crippen molar-refractivity contribution in [3.05, 3.63) is 92.0 Å². The zero-order valence-corrected chi connectivity index (χ0v) is 16.9. The first-order chi connectivity index (χ1) is 14.1. The van der Waals surface area contributed by atoms with E-state index in [1.165, 1.54) is 21.4 Å². The minimum Gasteiger partial charge on any atom is -0.496 e. The Kier molecular flexibility index (Phi) is 5.35. The molecule has 0 saturated heterocycles. The SMILES string of the molecule is COc1ccccc1C=CC=c1sc2nc(C=Cc3ccc(C)cc3)nn2c1=O. The second-order valence-electron chi connectivity index (χ2n) is 6.45. The van der Waals surface area contributed by atoms with Gasteiger partial charge < -0.3 is 4.74 Å². The molecule has 4 rings (SSSR count). The number of fused-ring (bicyclic) bond motifs is 1. The average Bonchev–Trinajstić information content (AvgIpc) is 3.27. The van der Waals surface area contributed by atoms with Gasteiger partial charge in [-0.3, -0.25) is 4.79 Å². The van der Waals surface area contributed by atoms with Gasteiger partial charge in [-0.2, -0.15) is 9.50 Å². The van der Waals surface area contributed by atoms with E-state index in [0.717, 1.165) is 16.9 Å². The van der Waals surface area contributed by atoms with Crippen LogP contribution < -0.4 is 14.8 Å². The maximum atomic E-state index is 12.6. The maximum absolute atomic E-state index is 12.6. The number of benzene rings is 2. The summed E-state index contributed by atoms with van der Waals surface area (Å²) in [6.07, 6.45) is 9.27. The molecule has 5 nitrogen and oxygen atoms in total. The lowest BCUT2D eigenvalue weighted by molar-refractivity contribution is 0.414. The molecule has 0 fully saturated rings. The van der Waals surface area contributed by atoms with Crippen molar-refractivity contribution >= 4 is 40.6 Å². The molecule has 4 aromatic rings. The molecule has 0 unspecified atom stereocenters. The topological polar surface area (TPSA) is 56.5 Å². The second kappa shape index (κ2) is 8.24. The van der Waals surface area contributed by atoms with Gasteiger partial charge in [0.2, 0.25) is 4.96 Å². The number of ether oxygens (including phenoxy) is 1. The third kappa shape index (κ3) is 4.17. The van der Waals surface area contributed by atoms with E-state index in [9.17, 15) is 4.79 Å². The molecule has 2 aromatic heterocycles. The van der Waals surface area contributed by atoms with Crippen LogP contribution in [0.15, 0.2) is 59.4 Å². The summed E-state index contributed by atoms with van der Waals surface area (Å²) in [7, 11) is 1.64. The van der Waals surface area contributed by atoms with E-state index in [2.05, 4.69) is 29.1 Å². The van der Waals surface area contributed by atoms with Crippen LogP contribution in [0.5, 0.6) is 5.75 Å². The normalized spacial score (nSPS) is 12.6. The highest BCUT2D eigenvalue weighted by molar-refractivity contribution is 7.15. The molecule has 0 N–H and O–H groups in total. The number of rotatable bonds is 5. The van der Waals surface area contributed by atoms with Crippen LogP contribution in [0.4, 0.5) is 0 Å². The van der Waals surface area contributed by atoms with Gasteiger partial charge in [-0.1, -0.05) is 77.6 Å². The van der Waals surface area contributed by atoms with Crippen LogP contribution in [0, 0.1) is 6.92 Å². The zero-order chi connectivity index (χ0) is 20.2. The van der Waals surface area contributed by atoms with Crippen molar-refractivity contribution in [1.29, 1.82) is 0 Å². The largest absolute Gasteiger partial charge is 0.496 e. The summed E-state index contributed by atoms with van der Waals surface area (Å²) in [5.74, 6) is 1.30. The lowest BCUT2D eigenvalue weighted by Gasteiger charge is -2.02. The monoisotopic (exact) mass is 401 g/mol. The molecule has 144 valence electrons. The first kappa shape index (κ1) is 18.8. The summed E-state index contributed by atoms with van der Waals surface area (Å²) in [5, 5.41) is 4.31. The van der Waals surface area contributed by atoms with Crippen molar-refractivity contribution < 1.29 is 4.74 Å². The number of aromatic nitrogens is 3. The number of aryl methyl sites for hydroxylation is 1. The Hall–Kier alpha value is -3.51. The van der Waals surface area contributed by atoms with E-state index in [0.29, 0.717) is 15.3 Å². The van der Waals surface area contributed by atoms with Gasteiger partial charge in [0, 0.05) is 5.56 Å². The van der Waals surface area contributed by atoms with Gasteiger partial charge >= 0.3 is 0 Å². The Bertz CT molecular complexity index is 1310. The molecule has 6 heteroatoms.